The lowest BCUT2D eigenvalue weighted by Crippen LogP contribution is -2.44. The molecule has 1 spiro atoms. The van der Waals surface area contributed by atoms with Crippen molar-refractivity contribution in [3.63, 3.8) is 0 Å². The maximum atomic E-state index is 13.4. The highest BCUT2D eigenvalue weighted by atomic mass is 35.5. The minimum absolute atomic E-state index is 0.196. The van der Waals surface area contributed by atoms with Gasteiger partial charge in [-0.15, -0.1) is 0 Å². The highest BCUT2D eigenvalue weighted by Gasteiger charge is 2.43. The van der Waals surface area contributed by atoms with Crippen LogP contribution in [-0.4, -0.2) is 54.6 Å². The average molecular weight is 453 g/mol. The van der Waals surface area contributed by atoms with Gasteiger partial charge in [0.25, 0.3) is 5.91 Å². The summed E-state index contributed by atoms with van der Waals surface area (Å²) in [6, 6.07) is 16.2. The van der Waals surface area contributed by atoms with E-state index in [0.717, 1.165) is 75.6 Å². The number of piperidine rings is 1. The molecule has 1 atom stereocenters. The summed E-state index contributed by atoms with van der Waals surface area (Å²) < 4.78 is 6.21. The summed E-state index contributed by atoms with van der Waals surface area (Å²) in [6.07, 6.45) is 6.73. The van der Waals surface area contributed by atoms with Crippen LogP contribution >= 0.6 is 11.6 Å². The molecule has 3 aliphatic heterocycles. The normalized spacial score (nSPS) is 23.2. The Labute approximate surface area is 196 Å². The van der Waals surface area contributed by atoms with Gasteiger partial charge in [0, 0.05) is 36.6 Å². The van der Waals surface area contributed by atoms with E-state index in [-0.39, 0.29) is 17.4 Å². The standard InChI is InChI=1S/C27H33ClN2O2/c28-25-10-4-2-7-21(25)17-23-18-27(20-32-23)11-15-30(16-12-27)26(31)24-9-3-1-8-22(24)19-29-13-5-6-14-29/h1-4,7-10,23H,5-6,11-20H2/t23-/m0/s1. The summed E-state index contributed by atoms with van der Waals surface area (Å²) in [6.45, 7) is 5.61. The second-order valence-corrected chi connectivity index (χ2v) is 10.3. The molecule has 0 radical (unpaired) electrons. The third kappa shape index (κ3) is 4.73. The number of carbonyl (C=O) groups is 1. The van der Waals surface area contributed by atoms with Crippen LogP contribution in [0, 0.1) is 5.41 Å². The van der Waals surface area contributed by atoms with Gasteiger partial charge in [-0.05, 0) is 73.9 Å². The minimum atomic E-state index is 0.196. The number of hydrogen-bond acceptors (Lipinski definition) is 3. The minimum Gasteiger partial charge on any atom is -0.377 e. The Bertz CT molecular complexity index is 948. The number of benzene rings is 2. The average Bonchev–Trinajstić information content (AvgIpc) is 3.46. The highest BCUT2D eigenvalue weighted by molar-refractivity contribution is 6.31. The van der Waals surface area contributed by atoms with Crippen LogP contribution < -0.4 is 0 Å². The number of nitrogens with zero attached hydrogens (tertiary/aromatic N) is 2. The molecule has 5 heteroatoms. The monoisotopic (exact) mass is 452 g/mol. The zero-order chi connectivity index (χ0) is 22.0. The van der Waals surface area contributed by atoms with E-state index in [4.69, 9.17) is 16.3 Å². The Hall–Kier alpha value is -1.88. The Kier molecular flexibility index (Phi) is 6.54. The zero-order valence-corrected chi connectivity index (χ0v) is 19.5. The molecule has 3 heterocycles. The first-order chi connectivity index (χ1) is 15.6. The van der Waals surface area contributed by atoms with Crippen LogP contribution in [0.15, 0.2) is 48.5 Å². The lowest BCUT2D eigenvalue weighted by Gasteiger charge is -2.38. The van der Waals surface area contributed by atoms with Gasteiger partial charge >= 0.3 is 0 Å². The first-order valence-electron chi connectivity index (χ1n) is 12.1. The van der Waals surface area contributed by atoms with Crippen molar-refractivity contribution in [2.75, 3.05) is 32.8 Å². The first-order valence-corrected chi connectivity index (χ1v) is 12.4. The molecular weight excluding hydrogens is 420 g/mol. The number of rotatable bonds is 5. The van der Waals surface area contributed by atoms with Crippen LogP contribution in [0.4, 0.5) is 0 Å². The number of likely N-dealkylation sites (tertiary alicyclic amines) is 2. The SMILES string of the molecule is O=C(c1ccccc1CN1CCCC1)N1CCC2(CC1)CO[C@@H](Cc1ccccc1Cl)C2. The largest absolute Gasteiger partial charge is 0.377 e. The van der Waals surface area contributed by atoms with Crippen LogP contribution in [-0.2, 0) is 17.7 Å². The summed E-state index contributed by atoms with van der Waals surface area (Å²) in [5.74, 6) is 0.196. The van der Waals surface area contributed by atoms with Gasteiger partial charge in [-0.1, -0.05) is 48.0 Å². The molecule has 0 aliphatic carbocycles. The topological polar surface area (TPSA) is 32.8 Å². The van der Waals surface area contributed by atoms with Crippen molar-refractivity contribution < 1.29 is 9.53 Å². The molecule has 0 N–H and O–H groups in total. The van der Waals surface area contributed by atoms with Gasteiger partial charge in [0.1, 0.15) is 0 Å². The van der Waals surface area contributed by atoms with Crippen LogP contribution in [0.1, 0.15) is 53.6 Å². The van der Waals surface area contributed by atoms with Crippen molar-refractivity contribution in [3.8, 4) is 0 Å². The maximum Gasteiger partial charge on any atom is 0.254 e. The predicted molar refractivity (Wildman–Crippen MR) is 128 cm³/mol. The van der Waals surface area contributed by atoms with Gasteiger partial charge in [-0.3, -0.25) is 9.69 Å². The van der Waals surface area contributed by atoms with E-state index in [2.05, 4.69) is 28.0 Å². The third-order valence-corrected chi connectivity index (χ3v) is 8.01. The van der Waals surface area contributed by atoms with Crippen molar-refractivity contribution in [1.82, 2.24) is 9.80 Å². The molecule has 0 aromatic heterocycles. The predicted octanol–water partition coefficient (Wildman–Crippen LogP) is 5.19. The van der Waals surface area contributed by atoms with Gasteiger partial charge in [0.15, 0.2) is 0 Å². The van der Waals surface area contributed by atoms with E-state index in [1.807, 2.05) is 30.3 Å². The molecule has 3 fully saturated rings. The zero-order valence-electron chi connectivity index (χ0n) is 18.8. The molecule has 4 nitrogen and oxygen atoms in total. The van der Waals surface area contributed by atoms with Gasteiger partial charge in [-0.2, -0.15) is 0 Å². The molecule has 32 heavy (non-hydrogen) atoms. The quantitative estimate of drug-likeness (QED) is 0.625. The smallest absolute Gasteiger partial charge is 0.254 e. The molecule has 0 saturated carbocycles. The van der Waals surface area contributed by atoms with Gasteiger partial charge in [-0.25, -0.2) is 0 Å². The second-order valence-electron chi connectivity index (χ2n) is 9.87. The molecule has 2 aromatic rings. The Morgan fingerprint density at radius 3 is 2.41 bits per heavy atom. The Morgan fingerprint density at radius 1 is 0.969 bits per heavy atom. The fourth-order valence-corrected chi connectivity index (χ4v) is 5.90. The number of ether oxygens (including phenoxy) is 1. The maximum absolute atomic E-state index is 13.4. The van der Waals surface area contributed by atoms with Gasteiger partial charge in [0.05, 0.1) is 12.7 Å². The fourth-order valence-electron chi connectivity index (χ4n) is 5.69. The van der Waals surface area contributed by atoms with Crippen molar-refractivity contribution in [2.45, 2.75) is 51.2 Å². The van der Waals surface area contributed by atoms with E-state index < -0.39 is 0 Å². The molecule has 2 aromatic carbocycles. The molecule has 0 bridgehead atoms. The lowest BCUT2D eigenvalue weighted by molar-refractivity contribution is 0.0495. The van der Waals surface area contributed by atoms with E-state index in [9.17, 15) is 4.79 Å². The summed E-state index contributed by atoms with van der Waals surface area (Å²) in [7, 11) is 0. The van der Waals surface area contributed by atoms with E-state index in [0.29, 0.717) is 0 Å². The van der Waals surface area contributed by atoms with Crippen LogP contribution in [0.3, 0.4) is 0 Å². The summed E-state index contributed by atoms with van der Waals surface area (Å²) >= 11 is 6.36. The van der Waals surface area contributed by atoms with Crippen molar-refractivity contribution in [2.24, 2.45) is 5.41 Å². The molecule has 5 rings (SSSR count). The van der Waals surface area contributed by atoms with Crippen LogP contribution in [0.25, 0.3) is 0 Å². The van der Waals surface area contributed by atoms with Crippen molar-refractivity contribution in [3.05, 3.63) is 70.2 Å². The summed E-state index contributed by atoms with van der Waals surface area (Å²) in [5, 5.41) is 0.824. The highest BCUT2D eigenvalue weighted by Crippen LogP contribution is 2.43. The first kappa shape index (κ1) is 21.9. The van der Waals surface area contributed by atoms with Crippen molar-refractivity contribution >= 4 is 17.5 Å². The van der Waals surface area contributed by atoms with Crippen molar-refractivity contribution in [1.29, 1.82) is 0 Å². The van der Waals surface area contributed by atoms with Crippen LogP contribution in [0.2, 0.25) is 5.02 Å². The molecule has 1 amide bonds. The summed E-state index contributed by atoms with van der Waals surface area (Å²) in [5.41, 5.74) is 3.43. The molecule has 3 aliphatic rings. The third-order valence-electron chi connectivity index (χ3n) is 7.64. The fraction of sp³-hybridized carbons (Fsp3) is 0.519. The number of hydrogen-bond donors (Lipinski definition) is 0. The molecule has 170 valence electrons. The molecule has 3 saturated heterocycles. The number of amides is 1. The number of carbonyl (C=O) groups excluding carboxylic acids is 1. The van der Waals surface area contributed by atoms with Gasteiger partial charge in [0.2, 0.25) is 0 Å². The second kappa shape index (κ2) is 9.54. The van der Waals surface area contributed by atoms with E-state index >= 15 is 0 Å². The Morgan fingerprint density at radius 2 is 1.66 bits per heavy atom. The van der Waals surface area contributed by atoms with E-state index in [1.54, 1.807) is 0 Å². The molecular formula is C27H33ClN2O2. The van der Waals surface area contributed by atoms with E-state index in [1.165, 1.54) is 24.0 Å². The Balaban J connectivity index is 1.19. The number of halogens is 1. The molecule has 0 unspecified atom stereocenters. The summed E-state index contributed by atoms with van der Waals surface area (Å²) in [4.78, 5) is 17.9. The lowest BCUT2D eigenvalue weighted by atomic mass is 9.76. The van der Waals surface area contributed by atoms with Gasteiger partial charge < -0.3 is 9.64 Å². The van der Waals surface area contributed by atoms with Crippen LogP contribution in [0.5, 0.6) is 0 Å².